The summed E-state index contributed by atoms with van der Waals surface area (Å²) in [5.41, 5.74) is 2.29. The van der Waals surface area contributed by atoms with Crippen molar-refractivity contribution in [3.05, 3.63) is 40.7 Å². The Hall–Kier alpha value is -1.23. The molecule has 0 bridgehead atoms. The summed E-state index contributed by atoms with van der Waals surface area (Å²) in [5, 5.41) is 6.97. The van der Waals surface area contributed by atoms with Crippen molar-refractivity contribution in [1.82, 2.24) is 15.2 Å². The molecule has 1 aromatic carbocycles. The van der Waals surface area contributed by atoms with Crippen molar-refractivity contribution in [3.63, 3.8) is 0 Å². The molecule has 1 atom stereocenters. The van der Waals surface area contributed by atoms with Gasteiger partial charge in [-0.25, -0.2) is 4.98 Å². The Morgan fingerprint density at radius 1 is 1.35 bits per heavy atom. The molecule has 106 valence electrons. The SMILES string of the molecule is CN1CCCC(NCc2nc(-c3ccccc3)cs2)C1. The standard InChI is InChI=1S/C16H21N3S/c1-19-9-5-8-14(11-19)17-10-16-18-15(12-20-16)13-6-3-2-4-7-13/h2-4,6-7,12,14,17H,5,8-11H2,1H3. The van der Waals surface area contributed by atoms with Gasteiger partial charge >= 0.3 is 0 Å². The highest BCUT2D eigenvalue weighted by atomic mass is 32.1. The van der Waals surface area contributed by atoms with Crippen molar-refractivity contribution in [2.24, 2.45) is 0 Å². The monoisotopic (exact) mass is 287 g/mol. The van der Waals surface area contributed by atoms with Crippen molar-refractivity contribution in [2.75, 3.05) is 20.1 Å². The first-order valence-electron chi connectivity index (χ1n) is 7.23. The maximum absolute atomic E-state index is 4.73. The lowest BCUT2D eigenvalue weighted by molar-refractivity contribution is 0.226. The van der Waals surface area contributed by atoms with Gasteiger partial charge in [-0.1, -0.05) is 30.3 Å². The molecule has 2 aromatic rings. The quantitative estimate of drug-likeness (QED) is 0.937. The van der Waals surface area contributed by atoms with Crippen LogP contribution in [0.3, 0.4) is 0 Å². The van der Waals surface area contributed by atoms with E-state index in [1.807, 2.05) is 6.07 Å². The molecule has 3 nitrogen and oxygen atoms in total. The molecule has 0 spiro atoms. The van der Waals surface area contributed by atoms with Crippen LogP contribution in [0.4, 0.5) is 0 Å². The van der Waals surface area contributed by atoms with Crippen LogP contribution >= 0.6 is 11.3 Å². The van der Waals surface area contributed by atoms with Crippen LogP contribution in [0.2, 0.25) is 0 Å². The van der Waals surface area contributed by atoms with Crippen LogP contribution in [0.25, 0.3) is 11.3 Å². The number of benzene rings is 1. The number of thiazole rings is 1. The molecule has 1 saturated heterocycles. The van der Waals surface area contributed by atoms with E-state index in [0.717, 1.165) is 18.8 Å². The second kappa shape index (κ2) is 6.48. The van der Waals surface area contributed by atoms with Gasteiger partial charge in [-0.2, -0.15) is 0 Å². The van der Waals surface area contributed by atoms with Crippen LogP contribution in [0.1, 0.15) is 17.8 Å². The number of likely N-dealkylation sites (tertiary alicyclic amines) is 1. The topological polar surface area (TPSA) is 28.2 Å². The Kier molecular flexibility index (Phi) is 4.45. The smallest absolute Gasteiger partial charge is 0.107 e. The predicted molar refractivity (Wildman–Crippen MR) is 84.9 cm³/mol. The molecule has 20 heavy (non-hydrogen) atoms. The average Bonchev–Trinajstić information content (AvgIpc) is 2.95. The van der Waals surface area contributed by atoms with Crippen LogP contribution in [-0.4, -0.2) is 36.1 Å². The number of likely N-dealkylation sites (N-methyl/N-ethyl adjacent to an activating group) is 1. The molecule has 1 aliphatic heterocycles. The minimum Gasteiger partial charge on any atom is -0.306 e. The number of piperidine rings is 1. The number of rotatable bonds is 4. The summed E-state index contributed by atoms with van der Waals surface area (Å²) in [5.74, 6) is 0. The second-order valence-electron chi connectivity index (χ2n) is 5.47. The Morgan fingerprint density at radius 3 is 3.00 bits per heavy atom. The van der Waals surface area contributed by atoms with E-state index >= 15 is 0 Å². The summed E-state index contributed by atoms with van der Waals surface area (Å²) in [6, 6.07) is 11.0. The zero-order valence-corrected chi connectivity index (χ0v) is 12.7. The van der Waals surface area contributed by atoms with E-state index in [1.165, 1.54) is 30.0 Å². The lowest BCUT2D eigenvalue weighted by Crippen LogP contribution is -2.43. The van der Waals surface area contributed by atoms with Crippen LogP contribution in [0, 0.1) is 0 Å². The largest absolute Gasteiger partial charge is 0.306 e. The van der Waals surface area contributed by atoms with Gasteiger partial charge in [-0.05, 0) is 26.4 Å². The third-order valence-electron chi connectivity index (χ3n) is 3.79. The summed E-state index contributed by atoms with van der Waals surface area (Å²) in [7, 11) is 2.20. The fraction of sp³-hybridized carbons (Fsp3) is 0.438. The molecular weight excluding hydrogens is 266 g/mol. The van der Waals surface area contributed by atoms with E-state index in [0.29, 0.717) is 6.04 Å². The van der Waals surface area contributed by atoms with E-state index in [4.69, 9.17) is 4.98 Å². The fourth-order valence-corrected chi connectivity index (χ4v) is 3.45. The van der Waals surface area contributed by atoms with Crippen molar-refractivity contribution in [1.29, 1.82) is 0 Å². The Bertz CT molecular complexity index is 538. The minimum absolute atomic E-state index is 0.609. The molecule has 1 fully saturated rings. The van der Waals surface area contributed by atoms with Crippen molar-refractivity contribution in [2.45, 2.75) is 25.4 Å². The third kappa shape index (κ3) is 3.45. The van der Waals surface area contributed by atoms with Gasteiger partial charge in [0.15, 0.2) is 0 Å². The van der Waals surface area contributed by atoms with Gasteiger partial charge in [0.1, 0.15) is 5.01 Å². The first-order chi connectivity index (χ1) is 9.81. The van der Waals surface area contributed by atoms with E-state index < -0.39 is 0 Å². The summed E-state index contributed by atoms with van der Waals surface area (Å²) in [6.07, 6.45) is 2.57. The summed E-state index contributed by atoms with van der Waals surface area (Å²) in [4.78, 5) is 7.13. The molecule has 1 aliphatic rings. The molecule has 3 rings (SSSR count). The molecule has 4 heteroatoms. The first-order valence-corrected chi connectivity index (χ1v) is 8.11. The highest BCUT2D eigenvalue weighted by Gasteiger charge is 2.16. The van der Waals surface area contributed by atoms with Gasteiger partial charge in [0.25, 0.3) is 0 Å². The fourth-order valence-electron chi connectivity index (χ4n) is 2.70. The highest BCUT2D eigenvalue weighted by molar-refractivity contribution is 7.09. The highest BCUT2D eigenvalue weighted by Crippen LogP contribution is 2.21. The lowest BCUT2D eigenvalue weighted by atomic mass is 10.1. The maximum atomic E-state index is 4.73. The normalized spacial score (nSPS) is 20.1. The number of hydrogen-bond acceptors (Lipinski definition) is 4. The van der Waals surface area contributed by atoms with Crippen molar-refractivity contribution in [3.8, 4) is 11.3 Å². The summed E-state index contributed by atoms with van der Waals surface area (Å²) >= 11 is 1.75. The summed E-state index contributed by atoms with van der Waals surface area (Å²) < 4.78 is 0. The summed E-state index contributed by atoms with van der Waals surface area (Å²) in [6.45, 7) is 3.26. The molecule has 1 aromatic heterocycles. The molecule has 0 aliphatic carbocycles. The second-order valence-corrected chi connectivity index (χ2v) is 6.42. The Balaban J connectivity index is 1.58. The number of aromatic nitrogens is 1. The zero-order chi connectivity index (χ0) is 13.8. The average molecular weight is 287 g/mol. The molecule has 1 N–H and O–H groups in total. The molecule has 0 radical (unpaired) electrons. The van der Waals surface area contributed by atoms with Gasteiger partial charge in [0, 0.05) is 30.1 Å². The number of nitrogens with zero attached hydrogens (tertiary/aromatic N) is 2. The molecule has 2 heterocycles. The Labute approximate surface area is 124 Å². The van der Waals surface area contributed by atoms with Gasteiger partial charge in [0.2, 0.25) is 0 Å². The van der Waals surface area contributed by atoms with Crippen LogP contribution in [0.15, 0.2) is 35.7 Å². The molecule has 1 unspecified atom stereocenters. The minimum atomic E-state index is 0.609. The first kappa shape index (κ1) is 13.7. The van der Waals surface area contributed by atoms with Gasteiger partial charge < -0.3 is 10.2 Å². The van der Waals surface area contributed by atoms with Crippen LogP contribution in [-0.2, 0) is 6.54 Å². The van der Waals surface area contributed by atoms with Gasteiger partial charge in [0.05, 0.1) is 5.69 Å². The molecule has 0 saturated carbocycles. The number of nitrogens with one attached hydrogen (secondary N) is 1. The van der Waals surface area contributed by atoms with Crippen LogP contribution < -0.4 is 5.32 Å². The van der Waals surface area contributed by atoms with Gasteiger partial charge in [-0.3, -0.25) is 0 Å². The Morgan fingerprint density at radius 2 is 2.20 bits per heavy atom. The van der Waals surface area contributed by atoms with E-state index in [9.17, 15) is 0 Å². The molecule has 0 amide bonds. The predicted octanol–water partition coefficient (Wildman–Crippen LogP) is 2.99. The van der Waals surface area contributed by atoms with E-state index in [2.05, 4.69) is 46.9 Å². The zero-order valence-electron chi connectivity index (χ0n) is 11.9. The van der Waals surface area contributed by atoms with Crippen molar-refractivity contribution < 1.29 is 0 Å². The van der Waals surface area contributed by atoms with Gasteiger partial charge in [-0.15, -0.1) is 11.3 Å². The third-order valence-corrected chi connectivity index (χ3v) is 4.64. The van der Waals surface area contributed by atoms with E-state index in [-0.39, 0.29) is 0 Å². The number of hydrogen-bond donors (Lipinski definition) is 1. The van der Waals surface area contributed by atoms with Crippen molar-refractivity contribution >= 4 is 11.3 Å². The van der Waals surface area contributed by atoms with E-state index in [1.54, 1.807) is 11.3 Å². The lowest BCUT2D eigenvalue weighted by Gasteiger charge is -2.30. The maximum Gasteiger partial charge on any atom is 0.107 e. The molecular formula is C16H21N3S. The van der Waals surface area contributed by atoms with Crippen LogP contribution in [0.5, 0.6) is 0 Å².